The largest absolute Gasteiger partial charge is 0.396 e. The second-order valence-electron chi connectivity index (χ2n) is 6.67. The molecule has 7 nitrogen and oxygen atoms in total. The predicted octanol–water partition coefficient (Wildman–Crippen LogP) is -0.869. The van der Waals surface area contributed by atoms with Crippen molar-refractivity contribution < 1.29 is 23.4 Å². The molecule has 0 radical (unpaired) electrons. The molecule has 8 heteroatoms. The SMILES string of the molecule is CS(=O)(=O)NCC(=O)N1C[C@@H](O)[C@@]2(C1)[C@H](CO)[C@H]2c1ccccc1. The van der Waals surface area contributed by atoms with E-state index in [9.17, 15) is 23.4 Å². The smallest absolute Gasteiger partial charge is 0.237 e. The molecule has 0 aromatic heterocycles. The summed E-state index contributed by atoms with van der Waals surface area (Å²) in [6, 6.07) is 9.66. The number of amides is 1. The van der Waals surface area contributed by atoms with E-state index in [4.69, 9.17) is 0 Å². The Balaban J connectivity index is 1.74. The van der Waals surface area contributed by atoms with E-state index in [1.807, 2.05) is 30.3 Å². The fraction of sp³-hybridized carbons (Fsp3) is 0.562. The number of nitrogens with zero attached hydrogens (tertiary/aromatic N) is 1. The summed E-state index contributed by atoms with van der Waals surface area (Å²) in [5.41, 5.74) is 0.496. The summed E-state index contributed by atoms with van der Waals surface area (Å²) in [5.74, 6) is -0.471. The number of sulfonamides is 1. The maximum atomic E-state index is 12.2. The van der Waals surface area contributed by atoms with E-state index in [2.05, 4.69) is 4.72 Å². The van der Waals surface area contributed by atoms with Gasteiger partial charge < -0.3 is 15.1 Å². The van der Waals surface area contributed by atoms with E-state index in [0.29, 0.717) is 6.54 Å². The van der Waals surface area contributed by atoms with Gasteiger partial charge in [0.15, 0.2) is 0 Å². The molecule has 132 valence electrons. The van der Waals surface area contributed by atoms with Crippen LogP contribution >= 0.6 is 0 Å². The molecular weight excluding hydrogens is 332 g/mol. The molecule has 1 aromatic carbocycles. The van der Waals surface area contributed by atoms with Gasteiger partial charge in [-0.2, -0.15) is 0 Å². The Bertz CT molecular complexity index is 723. The second kappa shape index (κ2) is 6.11. The van der Waals surface area contributed by atoms with Gasteiger partial charge in [0.05, 0.1) is 18.9 Å². The van der Waals surface area contributed by atoms with Crippen molar-refractivity contribution in [1.29, 1.82) is 0 Å². The molecule has 1 heterocycles. The Morgan fingerprint density at radius 1 is 1.38 bits per heavy atom. The predicted molar refractivity (Wildman–Crippen MR) is 87.6 cm³/mol. The number of likely N-dealkylation sites (tertiary alicyclic amines) is 1. The molecule has 0 unspecified atom stereocenters. The quantitative estimate of drug-likeness (QED) is 0.637. The molecular formula is C16H22N2O5S. The van der Waals surface area contributed by atoms with Gasteiger partial charge in [-0.05, 0) is 17.4 Å². The topological polar surface area (TPSA) is 107 Å². The van der Waals surface area contributed by atoms with Crippen LogP contribution in [0.2, 0.25) is 0 Å². The molecule has 0 bridgehead atoms. The van der Waals surface area contributed by atoms with E-state index in [-0.39, 0.29) is 37.4 Å². The molecule has 1 saturated carbocycles. The van der Waals surface area contributed by atoms with Crippen molar-refractivity contribution in [3.05, 3.63) is 35.9 Å². The highest BCUT2D eigenvalue weighted by molar-refractivity contribution is 7.88. The highest BCUT2D eigenvalue weighted by atomic mass is 32.2. The van der Waals surface area contributed by atoms with E-state index >= 15 is 0 Å². The van der Waals surface area contributed by atoms with Crippen LogP contribution in [0.5, 0.6) is 0 Å². The molecule has 2 fully saturated rings. The summed E-state index contributed by atoms with van der Waals surface area (Å²) in [4.78, 5) is 13.7. The van der Waals surface area contributed by atoms with Crippen LogP contribution in [0.1, 0.15) is 11.5 Å². The number of benzene rings is 1. The first-order valence-electron chi connectivity index (χ1n) is 7.86. The van der Waals surface area contributed by atoms with Crippen molar-refractivity contribution in [3.8, 4) is 0 Å². The van der Waals surface area contributed by atoms with Crippen molar-refractivity contribution >= 4 is 15.9 Å². The van der Waals surface area contributed by atoms with Crippen LogP contribution in [0.4, 0.5) is 0 Å². The van der Waals surface area contributed by atoms with Crippen LogP contribution in [0.3, 0.4) is 0 Å². The Kier molecular flexibility index (Phi) is 4.41. The zero-order chi connectivity index (χ0) is 17.5. The summed E-state index contributed by atoms with van der Waals surface area (Å²) in [5, 5.41) is 20.3. The number of carbonyl (C=O) groups excluding carboxylic acids is 1. The molecule has 1 aliphatic heterocycles. The van der Waals surface area contributed by atoms with Crippen LogP contribution in [-0.2, 0) is 14.8 Å². The molecule has 1 spiro atoms. The Labute approximate surface area is 141 Å². The van der Waals surface area contributed by atoms with E-state index < -0.39 is 21.5 Å². The Morgan fingerprint density at radius 3 is 2.62 bits per heavy atom. The van der Waals surface area contributed by atoms with Gasteiger partial charge in [0.25, 0.3) is 0 Å². The molecule has 3 rings (SSSR count). The summed E-state index contributed by atoms with van der Waals surface area (Å²) in [7, 11) is -3.44. The van der Waals surface area contributed by atoms with E-state index in [1.54, 1.807) is 0 Å². The standard InChI is InChI=1S/C16H22N2O5S/c1-24(22,23)17-7-14(21)18-8-13(20)16(10-18)12(9-19)15(16)11-5-3-2-4-6-11/h2-6,12-13,15,17,19-20H,7-10H2,1H3/t12-,13-,15-,16-/m1/s1. The van der Waals surface area contributed by atoms with Gasteiger partial charge in [-0.15, -0.1) is 0 Å². The fourth-order valence-electron chi connectivity index (χ4n) is 4.06. The van der Waals surface area contributed by atoms with Gasteiger partial charge in [-0.25, -0.2) is 13.1 Å². The number of aliphatic hydroxyl groups is 2. The number of hydrogen-bond donors (Lipinski definition) is 3. The molecule has 1 aliphatic carbocycles. The van der Waals surface area contributed by atoms with Crippen LogP contribution in [0, 0.1) is 11.3 Å². The van der Waals surface area contributed by atoms with Gasteiger partial charge in [0.1, 0.15) is 0 Å². The molecule has 1 saturated heterocycles. The summed E-state index contributed by atoms with van der Waals surface area (Å²) < 4.78 is 24.4. The van der Waals surface area contributed by atoms with Crippen LogP contribution in [0.15, 0.2) is 30.3 Å². The lowest BCUT2D eigenvalue weighted by Crippen LogP contribution is -2.39. The highest BCUT2D eigenvalue weighted by Crippen LogP contribution is 2.68. The van der Waals surface area contributed by atoms with Crippen LogP contribution in [0.25, 0.3) is 0 Å². The van der Waals surface area contributed by atoms with Crippen molar-refractivity contribution in [2.75, 3.05) is 32.5 Å². The summed E-state index contributed by atoms with van der Waals surface area (Å²) in [6.45, 7) is 0.106. The third kappa shape index (κ3) is 2.95. The Morgan fingerprint density at radius 2 is 2.04 bits per heavy atom. The first-order valence-corrected chi connectivity index (χ1v) is 9.75. The average Bonchev–Trinajstić information content (AvgIpc) is 3.07. The lowest BCUT2D eigenvalue weighted by atomic mass is 9.95. The highest BCUT2D eigenvalue weighted by Gasteiger charge is 2.71. The number of aliphatic hydroxyl groups excluding tert-OH is 2. The number of β-amino-alcohol motifs (C(OH)–C–C–N with tert-alkyl or cyclic N) is 1. The minimum atomic E-state index is -3.44. The molecule has 4 atom stereocenters. The maximum absolute atomic E-state index is 12.2. The number of nitrogens with one attached hydrogen (secondary N) is 1. The molecule has 1 aromatic rings. The number of hydrogen-bond acceptors (Lipinski definition) is 5. The van der Waals surface area contributed by atoms with Crippen LogP contribution < -0.4 is 4.72 Å². The molecule has 1 amide bonds. The van der Waals surface area contributed by atoms with E-state index in [0.717, 1.165) is 11.8 Å². The van der Waals surface area contributed by atoms with Gasteiger partial charge in [-0.3, -0.25) is 4.79 Å². The van der Waals surface area contributed by atoms with Crippen LogP contribution in [-0.4, -0.2) is 68.0 Å². The third-order valence-electron chi connectivity index (χ3n) is 5.23. The summed E-state index contributed by atoms with van der Waals surface area (Å²) in [6.07, 6.45) is 0.261. The van der Waals surface area contributed by atoms with Gasteiger partial charge in [0, 0.05) is 25.1 Å². The zero-order valence-corrected chi connectivity index (χ0v) is 14.2. The molecule has 24 heavy (non-hydrogen) atoms. The molecule has 2 aliphatic rings. The average molecular weight is 354 g/mol. The second-order valence-corrected chi connectivity index (χ2v) is 8.51. The van der Waals surface area contributed by atoms with Gasteiger partial charge in [0.2, 0.25) is 15.9 Å². The van der Waals surface area contributed by atoms with Crippen molar-refractivity contribution in [1.82, 2.24) is 9.62 Å². The van der Waals surface area contributed by atoms with E-state index in [1.165, 1.54) is 4.90 Å². The molecule has 3 N–H and O–H groups in total. The normalized spacial score (nSPS) is 32.3. The minimum absolute atomic E-state index is 0.000586. The third-order valence-corrected chi connectivity index (χ3v) is 5.90. The minimum Gasteiger partial charge on any atom is -0.396 e. The Hall–Kier alpha value is -1.48. The lowest BCUT2D eigenvalue weighted by Gasteiger charge is -2.16. The lowest BCUT2D eigenvalue weighted by molar-refractivity contribution is -0.129. The van der Waals surface area contributed by atoms with Gasteiger partial charge >= 0.3 is 0 Å². The first-order chi connectivity index (χ1) is 11.3. The summed E-state index contributed by atoms with van der Waals surface area (Å²) >= 11 is 0. The van der Waals surface area contributed by atoms with Crippen molar-refractivity contribution in [2.24, 2.45) is 11.3 Å². The van der Waals surface area contributed by atoms with Crippen molar-refractivity contribution in [2.45, 2.75) is 12.0 Å². The number of carbonyl (C=O) groups is 1. The first kappa shape index (κ1) is 17.3. The number of rotatable bonds is 5. The monoisotopic (exact) mass is 354 g/mol. The van der Waals surface area contributed by atoms with Crippen molar-refractivity contribution in [3.63, 3.8) is 0 Å². The maximum Gasteiger partial charge on any atom is 0.237 e. The van der Waals surface area contributed by atoms with Gasteiger partial charge in [-0.1, -0.05) is 30.3 Å². The fourth-order valence-corrected chi connectivity index (χ4v) is 4.45. The zero-order valence-electron chi connectivity index (χ0n) is 13.4.